The fourth-order valence-electron chi connectivity index (χ4n) is 2.23. The third-order valence-corrected chi connectivity index (χ3v) is 3.89. The number of nitrogens with zero attached hydrogens (tertiary/aromatic N) is 2. The minimum atomic E-state index is 0.191. The smallest absolute Gasteiger partial charge is 0.138 e. The Bertz CT molecular complexity index is 406. The normalized spacial score (nSPS) is 17.8. The number of halogens is 1. The lowest BCUT2D eigenvalue weighted by Gasteiger charge is -2.32. The van der Waals surface area contributed by atoms with E-state index in [9.17, 15) is 5.11 Å². The zero-order valence-electron chi connectivity index (χ0n) is 11.4. The Morgan fingerprint density at radius 3 is 2.74 bits per heavy atom. The Hall–Kier alpha value is -0.810. The molecule has 1 fully saturated rings. The zero-order chi connectivity index (χ0) is 13.7. The number of phenolic OH excluding ortho intramolecular Hbond substituents is 1. The predicted molar refractivity (Wildman–Crippen MR) is 78.8 cm³/mol. The summed E-state index contributed by atoms with van der Waals surface area (Å²) < 4.78 is 0. The third kappa shape index (κ3) is 4.35. The number of rotatable bonds is 5. The molecule has 4 nitrogen and oxygen atoms in total. The molecule has 106 valence electrons. The number of likely N-dealkylation sites (N-methyl/N-ethyl adjacent to an activating group) is 1. The van der Waals surface area contributed by atoms with Crippen molar-refractivity contribution < 1.29 is 5.11 Å². The van der Waals surface area contributed by atoms with Crippen molar-refractivity contribution in [2.75, 3.05) is 46.3 Å². The van der Waals surface area contributed by atoms with E-state index in [1.807, 2.05) is 12.1 Å². The predicted octanol–water partition coefficient (Wildman–Crippen LogP) is 1.38. The van der Waals surface area contributed by atoms with Gasteiger partial charge in [0.1, 0.15) is 5.75 Å². The maximum atomic E-state index is 9.79. The van der Waals surface area contributed by atoms with Crippen LogP contribution < -0.4 is 5.32 Å². The van der Waals surface area contributed by atoms with Crippen LogP contribution in [-0.4, -0.2) is 61.2 Å². The van der Waals surface area contributed by atoms with Crippen molar-refractivity contribution in [3.63, 3.8) is 0 Å². The molecule has 0 aliphatic carbocycles. The summed E-state index contributed by atoms with van der Waals surface area (Å²) in [4.78, 5) is 4.82. The summed E-state index contributed by atoms with van der Waals surface area (Å²) >= 11 is 5.87. The second kappa shape index (κ2) is 7.10. The van der Waals surface area contributed by atoms with Crippen molar-refractivity contribution in [3.05, 3.63) is 28.8 Å². The van der Waals surface area contributed by atoms with E-state index < -0.39 is 0 Å². The number of hydrogen-bond donors (Lipinski definition) is 2. The highest BCUT2D eigenvalue weighted by atomic mass is 35.5. The molecule has 1 heterocycles. The highest BCUT2D eigenvalue weighted by molar-refractivity contribution is 6.32. The SMILES string of the molecule is CN1CCN(CCNCc2cccc(Cl)c2O)CC1. The van der Waals surface area contributed by atoms with E-state index in [4.69, 9.17) is 11.6 Å². The number of hydrogen-bond acceptors (Lipinski definition) is 4. The summed E-state index contributed by atoms with van der Waals surface area (Å²) in [6.07, 6.45) is 0. The molecule has 1 saturated heterocycles. The topological polar surface area (TPSA) is 38.7 Å². The molecule has 5 heteroatoms. The number of para-hydroxylation sites is 1. The molecule has 1 aromatic rings. The molecule has 0 atom stereocenters. The first kappa shape index (κ1) is 14.6. The second-order valence-electron chi connectivity index (χ2n) is 5.07. The molecule has 0 bridgehead atoms. The van der Waals surface area contributed by atoms with Crippen LogP contribution in [0.25, 0.3) is 0 Å². The molecule has 2 N–H and O–H groups in total. The standard InChI is InChI=1S/C14H22ClN3O/c1-17-7-9-18(10-8-17)6-5-16-11-12-3-2-4-13(15)14(12)19/h2-4,16,19H,5-11H2,1H3. The molecule has 1 aliphatic rings. The Morgan fingerprint density at radius 1 is 1.26 bits per heavy atom. The van der Waals surface area contributed by atoms with Gasteiger partial charge in [-0.25, -0.2) is 0 Å². The van der Waals surface area contributed by atoms with Crippen molar-refractivity contribution >= 4 is 11.6 Å². The van der Waals surface area contributed by atoms with Crippen LogP contribution in [0.1, 0.15) is 5.56 Å². The Morgan fingerprint density at radius 2 is 2.00 bits per heavy atom. The fourth-order valence-corrected chi connectivity index (χ4v) is 2.43. The van der Waals surface area contributed by atoms with Gasteiger partial charge in [0.2, 0.25) is 0 Å². The van der Waals surface area contributed by atoms with Gasteiger partial charge in [0, 0.05) is 51.4 Å². The molecule has 0 saturated carbocycles. The van der Waals surface area contributed by atoms with Gasteiger partial charge in [0.05, 0.1) is 5.02 Å². The number of piperazine rings is 1. The molecule has 0 amide bonds. The first-order valence-electron chi connectivity index (χ1n) is 6.75. The van der Waals surface area contributed by atoms with Gasteiger partial charge in [-0.1, -0.05) is 23.7 Å². The average molecular weight is 284 g/mol. The molecule has 1 aromatic carbocycles. The minimum absolute atomic E-state index is 0.191. The van der Waals surface area contributed by atoms with Crippen LogP contribution in [0, 0.1) is 0 Å². The van der Waals surface area contributed by atoms with Gasteiger partial charge < -0.3 is 15.3 Å². The largest absolute Gasteiger partial charge is 0.506 e. The Kier molecular flexibility index (Phi) is 5.45. The molecule has 0 spiro atoms. The van der Waals surface area contributed by atoms with E-state index in [0.717, 1.165) is 44.8 Å². The van der Waals surface area contributed by atoms with Crippen molar-refractivity contribution in [2.24, 2.45) is 0 Å². The summed E-state index contributed by atoms with van der Waals surface area (Å²) in [5, 5.41) is 13.6. The first-order valence-corrected chi connectivity index (χ1v) is 7.12. The van der Waals surface area contributed by atoms with Crippen molar-refractivity contribution in [1.29, 1.82) is 0 Å². The number of phenols is 1. The maximum Gasteiger partial charge on any atom is 0.138 e. The van der Waals surface area contributed by atoms with Gasteiger partial charge in [0.25, 0.3) is 0 Å². The van der Waals surface area contributed by atoms with Gasteiger partial charge >= 0.3 is 0 Å². The average Bonchev–Trinajstić information content (AvgIpc) is 2.41. The van der Waals surface area contributed by atoms with Crippen molar-refractivity contribution in [2.45, 2.75) is 6.54 Å². The van der Waals surface area contributed by atoms with Gasteiger partial charge in [-0.05, 0) is 13.1 Å². The summed E-state index contributed by atoms with van der Waals surface area (Å²) in [5.74, 6) is 0.191. The molecule has 0 aromatic heterocycles. The lowest BCUT2D eigenvalue weighted by Crippen LogP contribution is -2.46. The number of aromatic hydroxyl groups is 1. The summed E-state index contributed by atoms with van der Waals surface area (Å²) in [5.41, 5.74) is 0.853. The van der Waals surface area contributed by atoms with E-state index in [1.165, 1.54) is 0 Å². The van der Waals surface area contributed by atoms with Crippen molar-refractivity contribution in [1.82, 2.24) is 15.1 Å². The molecule has 19 heavy (non-hydrogen) atoms. The molecular weight excluding hydrogens is 262 g/mol. The van der Waals surface area contributed by atoms with Crippen LogP contribution in [0.4, 0.5) is 0 Å². The molecular formula is C14H22ClN3O. The monoisotopic (exact) mass is 283 g/mol. The lowest BCUT2D eigenvalue weighted by atomic mass is 10.2. The summed E-state index contributed by atoms with van der Waals surface area (Å²) in [7, 11) is 2.16. The Balaban J connectivity index is 1.68. The van der Waals surface area contributed by atoms with Crippen LogP contribution in [0.5, 0.6) is 5.75 Å². The van der Waals surface area contributed by atoms with E-state index in [1.54, 1.807) is 6.07 Å². The first-order chi connectivity index (χ1) is 9.16. The maximum absolute atomic E-state index is 9.79. The van der Waals surface area contributed by atoms with Crippen LogP contribution in [0.2, 0.25) is 5.02 Å². The molecule has 1 aliphatic heterocycles. The molecule has 0 radical (unpaired) electrons. The highest BCUT2D eigenvalue weighted by Crippen LogP contribution is 2.26. The highest BCUT2D eigenvalue weighted by Gasteiger charge is 2.12. The van der Waals surface area contributed by atoms with Crippen LogP contribution >= 0.6 is 11.6 Å². The fraction of sp³-hybridized carbons (Fsp3) is 0.571. The zero-order valence-corrected chi connectivity index (χ0v) is 12.2. The van der Waals surface area contributed by atoms with Gasteiger partial charge in [0.15, 0.2) is 0 Å². The number of nitrogens with one attached hydrogen (secondary N) is 1. The third-order valence-electron chi connectivity index (χ3n) is 3.59. The van der Waals surface area contributed by atoms with Gasteiger partial charge in [-0.2, -0.15) is 0 Å². The molecule has 2 rings (SSSR count). The van der Waals surface area contributed by atoms with Crippen LogP contribution in [0.3, 0.4) is 0 Å². The summed E-state index contributed by atoms with van der Waals surface area (Å²) in [6.45, 7) is 7.20. The van der Waals surface area contributed by atoms with E-state index in [-0.39, 0.29) is 5.75 Å². The lowest BCUT2D eigenvalue weighted by molar-refractivity contribution is 0.154. The Labute approximate surface area is 120 Å². The number of benzene rings is 1. The quantitative estimate of drug-likeness (QED) is 0.801. The van der Waals surface area contributed by atoms with Gasteiger partial charge in [-0.15, -0.1) is 0 Å². The summed E-state index contributed by atoms with van der Waals surface area (Å²) in [6, 6.07) is 5.45. The van der Waals surface area contributed by atoms with Gasteiger partial charge in [-0.3, -0.25) is 4.90 Å². The van der Waals surface area contributed by atoms with Crippen molar-refractivity contribution in [3.8, 4) is 5.75 Å². The van der Waals surface area contributed by atoms with E-state index in [2.05, 4.69) is 22.2 Å². The molecule has 0 unspecified atom stereocenters. The minimum Gasteiger partial charge on any atom is -0.506 e. The van der Waals surface area contributed by atoms with E-state index >= 15 is 0 Å². The van der Waals surface area contributed by atoms with Crippen LogP contribution in [0.15, 0.2) is 18.2 Å². The van der Waals surface area contributed by atoms with Crippen LogP contribution in [-0.2, 0) is 6.54 Å². The second-order valence-corrected chi connectivity index (χ2v) is 5.48. The van der Waals surface area contributed by atoms with E-state index in [0.29, 0.717) is 11.6 Å².